The molecule has 130 valence electrons. The molecule has 0 aromatic heterocycles. The van der Waals surface area contributed by atoms with Crippen LogP contribution in [0, 0.1) is 0 Å². The normalized spacial score (nSPS) is 14.0. The average molecular weight is 350 g/mol. The molecule has 2 aromatic carbocycles. The van der Waals surface area contributed by atoms with E-state index in [2.05, 4.69) is 43.4 Å². The molecule has 0 amide bonds. The zero-order valence-corrected chi connectivity index (χ0v) is 14.8. The SMILES string of the molecule is CC(C)c1ccccc1CNCC(O)c1ccc2c(c1)OOC2.Cl. The highest BCUT2D eigenvalue weighted by molar-refractivity contribution is 5.85. The van der Waals surface area contributed by atoms with E-state index in [1.54, 1.807) is 0 Å². The van der Waals surface area contributed by atoms with Gasteiger partial charge in [-0.25, -0.2) is 0 Å². The highest BCUT2D eigenvalue weighted by Gasteiger charge is 2.17. The summed E-state index contributed by atoms with van der Waals surface area (Å²) in [6.45, 7) is 6.10. The van der Waals surface area contributed by atoms with Gasteiger partial charge in [-0.2, -0.15) is 4.89 Å². The maximum atomic E-state index is 10.3. The Labute approximate surface area is 149 Å². The number of aliphatic hydroxyl groups excluding tert-OH is 1. The van der Waals surface area contributed by atoms with Gasteiger partial charge in [0.25, 0.3) is 0 Å². The molecule has 1 unspecified atom stereocenters. The Kier molecular flexibility index (Phi) is 6.63. The van der Waals surface area contributed by atoms with Crippen molar-refractivity contribution in [2.24, 2.45) is 0 Å². The minimum absolute atomic E-state index is 0. The molecule has 1 atom stereocenters. The number of hydrogen-bond acceptors (Lipinski definition) is 4. The fourth-order valence-corrected chi connectivity index (χ4v) is 2.85. The Morgan fingerprint density at radius 2 is 1.96 bits per heavy atom. The molecule has 4 nitrogen and oxygen atoms in total. The number of rotatable bonds is 6. The summed E-state index contributed by atoms with van der Waals surface area (Å²) in [6, 6.07) is 14.1. The summed E-state index contributed by atoms with van der Waals surface area (Å²) in [4.78, 5) is 10.0. The molecule has 3 rings (SSSR count). The lowest BCUT2D eigenvalue weighted by atomic mass is 9.97. The van der Waals surface area contributed by atoms with Crippen LogP contribution < -0.4 is 10.2 Å². The average Bonchev–Trinajstić information content (AvgIpc) is 3.02. The Morgan fingerprint density at radius 1 is 1.17 bits per heavy atom. The molecular weight excluding hydrogens is 326 g/mol. The van der Waals surface area contributed by atoms with Crippen molar-refractivity contribution >= 4 is 12.4 Å². The highest BCUT2D eigenvalue weighted by Crippen LogP contribution is 2.29. The van der Waals surface area contributed by atoms with E-state index in [1.165, 1.54) is 11.1 Å². The topological polar surface area (TPSA) is 50.7 Å². The summed E-state index contributed by atoms with van der Waals surface area (Å²) in [6.07, 6.45) is -0.573. The predicted molar refractivity (Wildman–Crippen MR) is 96.3 cm³/mol. The van der Waals surface area contributed by atoms with Crippen LogP contribution in [0.1, 0.15) is 48.1 Å². The molecule has 5 heteroatoms. The van der Waals surface area contributed by atoms with Crippen molar-refractivity contribution in [1.82, 2.24) is 5.32 Å². The number of aliphatic hydroxyl groups is 1. The van der Waals surface area contributed by atoms with Crippen molar-refractivity contribution < 1.29 is 14.9 Å². The number of halogens is 1. The first-order valence-electron chi connectivity index (χ1n) is 8.04. The Bertz CT molecular complexity index is 675. The van der Waals surface area contributed by atoms with E-state index in [0.29, 0.717) is 24.8 Å². The van der Waals surface area contributed by atoms with E-state index < -0.39 is 6.10 Å². The van der Waals surface area contributed by atoms with Gasteiger partial charge in [-0.1, -0.05) is 50.2 Å². The molecule has 0 spiro atoms. The van der Waals surface area contributed by atoms with Crippen LogP contribution in [0.25, 0.3) is 0 Å². The molecule has 2 aromatic rings. The van der Waals surface area contributed by atoms with Gasteiger partial charge >= 0.3 is 0 Å². The predicted octanol–water partition coefficient (Wildman–Crippen LogP) is 3.88. The van der Waals surface area contributed by atoms with Gasteiger partial charge in [0.1, 0.15) is 6.61 Å². The Morgan fingerprint density at radius 3 is 2.75 bits per heavy atom. The summed E-state index contributed by atoms with van der Waals surface area (Å²) >= 11 is 0. The lowest BCUT2D eigenvalue weighted by Crippen LogP contribution is -2.21. The van der Waals surface area contributed by atoms with Gasteiger partial charge in [0.2, 0.25) is 0 Å². The van der Waals surface area contributed by atoms with Crippen molar-refractivity contribution in [3.05, 3.63) is 64.7 Å². The summed E-state index contributed by atoms with van der Waals surface area (Å²) in [5, 5.41) is 13.7. The van der Waals surface area contributed by atoms with E-state index in [9.17, 15) is 5.11 Å². The van der Waals surface area contributed by atoms with Crippen LogP contribution in [0.4, 0.5) is 0 Å². The monoisotopic (exact) mass is 349 g/mol. The van der Waals surface area contributed by atoms with E-state index in [-0.39, 0.29) is 12.4 Å². The number of hydrogen-bond donors (Lipinski definition) is 2. The molecule has 0 bridgehead atoms. The van der Waals surface area contributed by atoms with Gasteiger partial charge < -0.3 is 15.3 Å². The molecule has 0 aliphatic carbocycles. The van der Waals surface area contributed by atoms with Crippen molar-refractivity contribution in [3.8, 4) is 5.75 Å². The Hall–Kier alpha value is -1.59. The van der Waals surface area contributed by atoms with Crippen molar-refractivity contribution in [3.63, 3.8) is 0 Å². The van der Waals surface area contributed by atoms with Gasteiger partial charge in [-0.05, 0) is 28.7 Å². The van der Waals surface area contributed by atoms with E-state index in [1.807, 2.05) is 18.2 Å². The smallest absolute Gasteiger partial charge is 0.171 e. The second kappa shape index (κ2) is 8.49. The molecule has 0 radical (unpaired) electrons. The summed E-state index contributed by atoms with van der Waals surface area (Å²) < 4.78 is 0. The minimum atomic E-state index is -0.573. The zero-order chi connectivity index (χ0) is 16.2. The summed E-state index contributed by atoms with van der Waals surface area (Å²) in [7, 11) is 0. The molecule has 2 N–H and O–H groups in total. The van der Waals surface area contributed by atoms with Crippen LogP contribution in [0.3, 0.4) is 0 Å². The zero-order valence-electron chi connectivity index (χ0n) is 14.0. The number of benzene rings is 2. The van der Waals surface area contributed by atoms with Crippen molar-refractivity contribution in [2.45, 2.75) is 39.0 Å². The third kappa shape index (κ3) is 4.28. The van der Waals surface area contributed by atoms with Gasteiger partial charge in [0.15, 0.2) is 5.75 Å². The van der Waals surface area contributed by atoms with Crippen LogP contribution in [-0.2, 0) is 18.0 Å². The molecule has 0 saturated carbocycles. The molecule has 0 fully saturated rings. The number of nitrogens with one attached hydrogen (secondary N) is 1. The highest BCUT2D eigenvalue weighted by atomic mass is 35.5. The molecular formula is C19H24ClNO3. The lowest BCUT2D eigenvalue weighted by Gasteiger charge is -2.16. The molecule has 0 saturated heterocycles. The van der Waals surface area contributed by atoms with Crippen LogP contribution >= 0.6 is 12.4 Å². The van der Waals surface area contributed by atoms with Gasteiger partial charge in [0, 0.05) is 18.7 Å². The van der Waals surface area contributed by atoms with Crippen LogP contribution in [-0.4, -0.2) is 11.7 Å². The van der Waals surface area contributed by atoms with Crippen LogP contribution in [0.2, 0.25) is 0 Å². The van der Waals surface area contributed by atoms with Crippen LogP contribution in [0.15, 0.2) is 42.5 Å². The third-order valence-electron chi connectivity index (χ3n) is 4.17. The molecule has 1 heterocycles. The molecule has 24 heavy (non-hydrogen) atoms. The first kappa shape index (κ1) is 18.7. The van der Waals surface area contributed by atoms with Crippen molar-refractivity contribution in [2.75, 3.05) is 6.54 Å². The van der Waals surface area contributed by atoms with Crippen molar-refractivity contribution in [1.29, 1.82) is 0 Å². The lowest BCUT2D eigenvalue weighted by molar-refractivity contribution is -0.194. The van der Waals surface area contributed by atoms with Gasteiger partial charge in [-0.15, -0.1) is 12.4 Å². The molecule has 1 aliphatic heterocycles. The minimum Gasteiger partial charge on any atom is -0.387 e. The quantitative estimate of drug-likeness (QED) is 0.777. The summed E-state index contributed by atoms with van der Waals surface area (Å²) in [5.74, 6) is 1.19. The van der Waals surface area contributed by atoms with E-state index in [4.69, 9.17) is 9.78 Å². The second-order valence-corrected chi connectivity index (χ2v) is 6.21. The van der Waals surface area contributed by atoms with E-state index >= 15 is 0 Å². The summed E-state index contributed by atoms with van der Waals surface area (Å²) in [5.41, 5.74) is 4.47. The molecule has 1 aliphatic rings. The second-order valence-electron chi connectivity index (χ2n) is 6.21. The Balaban J connectivity index is 0.00000208. The fourth-order valence-electron chi connectivity index (χ4n) is 2.85. The third-order valence-corrected chi connectivity index (χ3v) is 4.17. The number of fused-ring (bicyclic) bond motifs is 1. The largest absolute Gasteiger partial charge is 0.387 e. The maximum absolute atomic E-state index is 10.3. The first-order valence-corrected chi connectivity index (χ1v) is 8.04. The van der Waals surface area contributed by atoms with Gasteiger partial charge in [-0.3, -0.25) is 0 Å². The maximum Gasteiger partial charge on any atom is 0.171 e. The van der Waals surface area contributed by atoms with Crippen LogP contribution in [0.5, 0.6) is 5.75 Å². The standard InChI is InChI=1S/C19H23NO3.ClH/c1-13(2)17-6-4-3-5-15(17)10-20-11-18(21)14-7-8-16-12-22-23-19(16)9-14;/h3-9,13,18,20-21H,10-12H2,1-2H3;1H. The first-order chi connectivity index (χ1) is 11.1. The fraction of sp³-hybridized carbons (Fsp3) is 0.368. The van der Waals surface area contributed by atoms with Gasteiger partial charge in [0.05, 0.1) is 6.10 Å². The van der Waals surface area contributed by atoms with E-state index in [0.717, 1.165) is 17.7 Å².